The fraction of sp³-hybridized carbons (Fsp3) is 0.364. The van der Waals surface area contributed by atoms with Gasteiger partial charge in [-0.3, -0.25) is 5.32 Å². The second kappa shape index (κ2) is 5.46. The summed E-state index contributed by atoms with van der Waals surface area (Å²) in [5.41, 5.74) is -0.0286. The lowest BCUT2D eigenvalue weighted by molar-refractivity contribution is 0.0564. The van der Waals surface area contributed by atoms with Gasteiger partial charge < -0.3 is 14.7 Å². The summed E-state index contributed by atoms with van der Waals surface area (Å²) in [6.45, 7) is 1.95. The quantitative estimate of drug-likeness (QED) is 0.805. The number of carbonyl (C=O) groups excluding carboxylic acids is 1. The molecule has 0 aliphatic carbocycles. The van der Waals surface area contributed by atoms with Gasteiger partial charge in [0.15, 0.2) is 0 Å². The molecule has 7 nitrogen and oxygen atoms in total. The number of anilines is 1. The Kier molecular flexibility index (Phi) is 3.73. The number of hydrogen-bond acceptors (Lipinski definition) is 4. The lowest BCUT2D eigenvalue weighted by atomic mass is 10.2. The lowest BCUT2D eigenvalue weighted by Gasteiger charge is -2.26. The minimum atomic E-state index is -1.12. The summed E-state index contributed by atoms with van der Waals surface area (Å²) in [7, 11) is 0. The van der Waals surface area contributed by atoms with Crippen LogP contribution in [0.1, 0.15) is 10.4 Å². The number of amides is 2. The molecule has 2 N–H and O–H groups in total. The molecule has 0 saturated carbocycles. The number of aromatic nitrogens is 1. The molecular weight excluding hydrogens is 238 g/mol. The highest BCUT2D eigenvalue weighted by atomic mass is 16.5. The number of nitrogens with zero attached hydrogens (tertiary/aromatic N) is 2. The van der Waals surface area contributed by atoms with Gasteiger partial charge in [-0.15, -0.1) is 0 Å². The zero-order chi connectivity index (χ0) is 13.0. The minimum Gasteiger partial charge on any atom is -0.478 e. The first-order chi connectivity index (χ1) is 8.68. The van der Waals surface area contributed by atoms with Crippen LogP contribution >= 0.6 is 0 Å². The van der Waals surface area contributed by atoms with Gasteiger partial charge in [-0.25, -0.2) is 14.6 Å². The van der Waals surface area contributed by atoms with Crippen LogP contribution in [0.4, 0.5) is 10.6 Å². The fourth-order valence-electron chi connectivity index (χ4n) is 1.62. The van der Waals surface area contributed by atoms with Crippen molar-refractivity contribution < 1.29 is 19.4 Å². The Hall–Kier alpha value is -2.15. The van der Waals surface area contributed by atoms with Gasteiger partial charge in [-0.05, 0) is 12.1 Å². The van der Waals surface area contributed by atoms with E-state index in [1.165, 1.54) is 18.3 Å². The number of carboxylic acids is 1. The zero-order valence-corrected chi connectivity index (χ0v) is 9.63. The van der Waals surface area contributed by atoms with Crippen LogP contribution in [0.3, 0.4) is 0 Å². The van der Waals surface area contributed by atoms with E-state index in [0.717, 1.165) is 0 Å². The van der Waals surface area contributed by atoms with Gasteiger partial charge in [0.25, 0.3) is 0 Å². The fourth-order valence-corrected chi connectivity index (χ4v) is 1.62. The number of pyridine rings is 1. The number of carboxylic acid groups (broad SMARTS) is 1. The standard InChI is InChI=1S/C11H13N3O4/c15-10(16)8-2-1-3-12-9(8)13-11(17)14-4-6-18-7-5-14/h1-3H,4-7H2,(H,15,16)(H,12,13,17). The maximum absolute atomic E-state index is 11.9. The van der Waals surface area contributed by atoms with Crippen molar-refractivity contribution in [3.63, 3.8) is 0 Å². The monoisotopic (exact) mass is 251 g/mol. The van der Waals surface area contributed by atoms with Crippen LogP contribution in [0.25, 0.3) is 0 Å². The molecule has 96 valence electrons. The molecule has 1 aliphatic rings. The second-order valence-electron chi connectivity index (χ2n) is 3.73. The Labute approximate surface area is 103 Å². The molecule has 0 atom stereocenters. The van der Waals surface area contributed by atoms with Crippen LogP contribution in [0, 0.1) is 0 Å². The summed E-state index contributed by atoms with van der Waals surface area (Å²) in [4.78, 5) is 28.2. The lowest BCUT2D eigenvalue weighted by Crippen LogP contribution is -2.43. The Morgan fingerprint density at radius 1 is 1.39 bits per heavy atom. The Balaban J connectivity index is 2.08. The van der Waals surface area contributed by atoms with Crippen LogP contribution in [-0.2, 0) is 4.74 Å². The number of morpholine rings is 1. The normalized spacial score (nSPS) is 15.2. The molecule has 7 heteroatoms. The van der Waals surface area contributed by atoms with Gasteiger partial charge in [0.2, 0.25) is 0 Å². The molecule has 0 radical (unpaired) electrons. The molecule has 1 aromatic heterocycles. The van der Waals surface area contributed by atoms with E-state index in [4.69, 9.17) is 9.84 Å². The first-order valence-electron chi connectivity index (χ1n) is 5.50. The molecule has 0 bridgehead atoms. The van der Waals surface area contributed by atoms with E-state index in [1.807, 2.05) is 0 Å². The maximum Gasteiger partial charge on any atom is 0.339 e. The second-order valence-corrected chi connectivity index (χ2v) is 3.73. The van der Waals surface area contributed by atoms with Crippen LogP contribution in [0.5, 0.6) is 0 Å². The summed E-state index contributed by atoms with van der Waals surface area (Å²) in [5.74, 6) is -1.07. The van der Waals surface area contributed by atoms with Gasteiger partial charge in [0, 0.05) is 19.3 Å². The topological polar surface area (TPSA) is 91.8 Å². The maximum atomic E-state index is 11.9. The molecule has 2 amide bonds. The van der Waals surface area contributed by atoms with Crippen LogP contribution < -0.4 is 5.32 Å². The predicted molar refractivity (Wildman–Crippen MR) is 62.6 cm³/mol. The van der Waals surface area contributed by atoms with Gasteiger partial charge in [0.05, 0.1) is 13.2 Å². The summed E-state index contributed by atoms with van der Waals surface area (Å²) in [6, 6.07) is 2.54. The largest absolute Gasteiger partial charge is 0.478 e. The predicted octanol–water partition coefficient (Wildman–Crippen LogP) is 0.644. The van der Waals surface area contributed by atoms with E-state index in [2.05, 4.69) is 10.3 Å². The summed E-state index contributed by atoms with van der Waals surface area (Å²) in [5, 5.41) is 11.5. The molecule has 2 rings (SSSR count). The molecule has 1 aromatic rings. The van der Waals surface area contributed by atoms with E-state index >= 15 is 0 Å². The Morgan fingerprint density at radius 3 is 2.78 bits per heavy atom. The van der Waals surface area contributed by atoms with Crippen molar-refractivity contribution in [2.45, 2.75) is 0 Å². The van der Waals surface area contributed by atoms with E-state index < -0.39 is 5.97 Å². The van der Waals surface area contributed by atoms with Crippen molar-refractivity contribution in [3.05, 3.63) is 23.9 Å². The minimum absolute atomic E-state index is 0.0286. The molecule has 0 unspecified atom stereocenters. The highest BCUT2D eigenvalue weighted by Gasteiger charge is 2.19. The van der Waals surface area contributed by atoms with Crippen LogP contribution in [-0.4, -0.2) is 53.3 Å². The smallest absolute Gasteiger partial charge is 0.339 e. The molecule has 1 aliphatic heterocycles. The number of ether oxygens (including phenoxy) is 1. The first-order valence-corrected chi connectivity index (χ1v) is 5.50. The molecule has 2 heterocycles. The molecular formula is C11H13N3O4. The van der Waals surface area contributed by atoms with Crippen molar-refractivity contribution in [1.82, 2.24) is 9.88 Å². The van der Waals surface area contributed by atoms with Crippen molar-refractivity contribution in [3.8, 4) is 0 Å². The molecule has 1 fully saturated rings. The first kappa shape index (κ1) is 12.3. The van der Waals surface area contributed by atoms with E-state index in [9.17, 15) is 9.59 Å². The Bertz CT molecular complexity index is 457. The average Bonchev–Trinajstić information content (AvgIpc) is 2.40. The number of carbonyl (C=O) groups is 2. The van der Waals surface area contributed by atoms with Gasteiger partial charge in [-0.1, -0.05) is 0 Å². The molecule has 1 saturated heterocycles. The third-order valence-corrected chi connectivity index (χ3v) is 2.56. The average molecular weight is 251 g/mol. The number of nitrogens with one attached hydrogen (secondary N) is 1. The van der Waals surface area contributed by atoms with Crippen molar-refractivity contribution in [2.75, 3.05) is 31.6 Å². The highest BCUT2D eigenvalue weighted by molar-refractivity contribution is 5.98. The molecule has 0 spiro atoms. The third-order valence-electron chi connectivity index (χ3n) is 2.56. The zero-order valence-electron chi connectivity index (χ0n) is 9.63. The van der Waals surface area contributed by atoms with Crippen LogP contribution in [0.15, 0.2) is 18.3 Å². The van der Waals surface area contributed by atoms with Crippen molar-refractivity contribution >= 4 is 17.8 Å². The van der Waals surface area contributed by atoms with E-state index in [1.54, 1.807) is 4.90 Å². The Morgan fingerprint density at radius 2 is 2.11 bits per heavy atom. The van der Waals surface area contributed by atoms with Crippen LogP contribution in [0.2, 0.25) is 0 Å². The summed E-state index contributed by atoms with van der Waals surface area (Å²) < 4.78 is 5.13. The SMILES string of the molecule is O=C(O)c1cccnc1NC(=O)N1CCOCC1. The van der Waals surface area contributed by atoms with Gasteiger partial charge in [-0.2, -0.15) is 0 Å². The number of hydrogen-bond donors (Lipinski definition) is 2. The third kappa shape index (κ3) is 2.75. The number of urea groups is 1. The molecule has 18 heavy (non-hydrogen) atoms. The van der Waals surface area contributed by atoms with Gasteiger partial charge >= 0.3 is 12.0 Å². The highest BCUT2D eigenvalue weighted by Crippen LogP contribution is 2.12. The summed E-state index contributed by atoms with van der Waals surface area (Å²) >= 11 is 0. The summed E-state index contributed by atoms with van der Waals surface area (Å²) in [6.07, 6.45) is 1.43. The van der Waals surface area contributed by atoms with Gasteiger partial charge in [0.1, 0.15) is 11.4 Å². The number of rotatable bonds is 2. The molecule has 0 aromatic carbocycles. The number of aromatic carboxylic acids is 1. The van der Waals surface area contributed by atoms with E-state index in [0.29, 0.717) is 26.3 Å². The van der Waals surface area contributed by atoms with E-state index in [-0.39, 0.29) is 17.4 Å². The van der Waals surface area contributed by atoms with Crippen molar-refractivity contribution in [1.29, 1.82) is 0 Å². The van der Waals surface area contributed by atoms with Crippen molar-refractivity contribution in [2.24, 2.45) is 0 Å².